The van der Waals surface area contributed by atoms with Crippen LogP contribution in [0.4, 0.5) is 10.5 Å². The van der Waals surface area contributed by atoms with E-state index in [9.17, 15) is 9.90 Å². The molecule has 0 saturated carbocycles. The van der Waals surface area contributed by atoms with Crippen molar-refractivity contribution in [1.29, 1.82) is 0 Å². The second-order valence-corrected chi connectivity index (χ2v) is 12.0. The van der Waals surface area contributed by atoms with Crippen LogP contribution in [0.1, 0.15) is 36.8 Å². The molecule has 1 unspecified atom stereocenters. The fraction of sp³-hybridized carbons (Fsp3) is 0.618. The number of carbonyl (C=O) groups is 1. The molecule has 1 N–H and O–H groups in total. The van der Waals surface area contributed by atoms with Gasteiger partial charge in [0, 0.05) is 52.4 Å². The van der Waals surface area contributed by atoms with Crippen molar-refractivity contribution >= 4 is 11.8 Å². The minimum Gasteiger partial charge on any atom is -0.494 e. The van der Waals surface area contributed by atoms with Gasteiger partial charge in [-0.2, -0.15) is 0 Å². The molecule has 2 aromatic carbocycles. The molecule has 1 fully saturated rings. The van der Waals surface area contributed by atoms with Crippen molar-refractivity contribution < 1.29 is 38.3 Å². The summed E-state index contributed by atoms with van der Waals surface area (Å²) in [4.78, 5) is 18.1. The van der Waals surface area contributed by atoms with E-state index in [2.05, 4.69) is 22.8 Å². The third-order valence-electron chi connectivity index (χ3n) is 8.56. The highest BCUT2D eigenvalue weighted by Crippen LogP contribution is 2.36. The molecule has 0 spiro atoms. The third-order valence-corrected chi connectivity index (χ3v) is 8.56. The van der Waals surface area contributed by atoms with E-state index in [0.717, 1.165) is 54.2 Å². The summed E-state index contributed by atoms with van der Waals surface area (Å²) in [5.74, 6) is 1.47. The Bertz CT molecular complexity index is 1180. The molecule has 4 rings (SSSR count). The van der Waals surface area contributed by atoms with Crippen molar-refractivity contribution in [2.24, 2.45) is 0 Å². The molecule has 1 amide bonds. The average molecular weight is 630 g/mol. The van der Waals surface area contributed by atoms with Crippen molar-refractivity contribution in [2.75, 3.05) is 92.4 Å². The summed E-state index contributed by atoms with van der Waals surface area (Å²) in [6.45, 7) is 7.66. The van der Waals surface area contributed by atoms with Crippen LogP contribution in [0.25, 0.3) is 0 Å². The lowest BCUT2D eigenvalue weighted by atomic mass is 9.84. The number of rotatable bonds is 17. The van der Waals surface area contributed by atoms with E-state index in [4.69, 9.17) is 28.4 Å². The molecule has 2 aliphatic rings. The van der Waals surface area contributed by atoms with Gasteiger partial charge in [0.25, 0.3) is 0 Å². The molecule has 11 nitrogen and oxygen atoms in total. The fourth-order valence-electron chi connectivity index (χ4n) is 5.71. The number of hydrogen-bond acceptors (Lipinski definition) is 9. The fourth-order valence-corrected chi connectivity index (χ4v) is 5.71. The van der Waals surface area contributed by atoms with Gasteiger partial charge in [-0.25, -0.2) is 4.79 Å². The molecular weight excluding hydrogens is 578 g/mol. The van der Waals surface area contributed by atoms with Gasteiger partial charge >= 0.3 is 6.09 Å². The van der Waals surface area contributed by atoms with Crippen molar-refractivity contribution in [3.05, 3.63) is 53.6 Å². The monoisotopic (exact) mass is 629 g/mol. The Morgan fingerprint density at radius 3 is 2.40 bits per heavy atom. The lowest BCUT2D eigenvalue weighted by molar-refractivity contribution is -0.0951. The minimum atomic E-state index is -0.978. The zero-order valence-corrected chi connectivity index (χ0v) is 27.5. The number of nitrogens with zero attached hydrogens (tertiary/aromatic N) is 3. The number of likely N-dealkylation sites (tertiary alicyclic amines) is 1. The Balaban J connectivity index is 1.55. The normalized spacial score (nSPS) is 20.5. The maximum absolute atomic E-state index is 12.3. The van der Waals surface area contributed by atoms with Crippen LogP contribution in [-0.4, -0.2) is 127 Å². The van der Waals surface area contributed by atoms with Gasteiger partial charge in [0.15, 0.2) is 0 Å². The summed E-state index contributed by atoms with van der Waals surface area (Å²) < 4.78 is 35.3. The number of ether oxygens (including phenoxy) is 6. The Labute approximate surface area is 267 Å². The molecule has 0 aromatic heterocycles. The Kier molecular flexibility index (Phi) is 13.6. The number of piperidine rings is 1. The van der Waals surface area contributed by atoms with Crippen LogP contribution in [-0.2, 0) is 25.6 Å². The third kappa shape index (κ3) is 9.95. The number of fused-ring (bicyclic) bond motifs is 1. The minimum absolute atomic E-state index is 0.164. The highest BCUT2D eigenvalue weighted by Gasteiger charge is 2.41. The van der Waals surface area contributed by atoms with Crippen molar-refractivity contribution in [3.8, 4) is 11.5 Å². The lowest BCUT2D eigenvalue weighted by Crippen LogP contribution is -2.54. The molecule has 250 valence electrons. The van der Waals surface area contributed by atoms with Gasteiger partial charge in [0.2, 0.25) is 0 Å². The predicted molar refractivity (Wildman–Crippen MR) is 173 cm³/mol. The SMILES string of the molecule is COCCCOc1ccc([C@@H]2[C@@H](OCc3ccc4c(c3)N(CCCOC)CCO4)CN(C(=O)O)C[C@H]2OCC(C)N(C)C)cc1. The number of methoxy groups -OCH3 is 2. The number of hydrogen-bond donors (Lipinski definition) is 1. The predicted octanol–water partition coefficient (Wildman–Crippen LogP) is 4.34. The van der Waals surface area contributed by atoms with Crippen molar-refractivity contribution in [3.63, 3.8) is 0 Å². The molecule has 2 aliphatic heterocycles. The summed E-state index contributed by atoms with van der Waals surface area (Å²) in [5.41, 5.74) is 3.08. The Hall–Kier alpha value is -3.09. The van der Waals surface area contributed by atoms with E-state index >= 15 is 0 Å². The summed E-state index contributed by atoms with van der Waals surface area (Å²) in [5, 5.41) is 10.0. The highest BCUT2D eigenvalue weighted by atomic mass is 16.5. The van der Waals surface area contributed by atoms with E-state index in [1.165, 1.54) is 4.90 Å². The summed E-state index contributed by atoms with van der Waals surface area (Å²) in [7, 11) is 7.42. The van der Waals surface area contributed by atoms with Crippen LogP contribution >= 0.6 is 0 Å². The molecular formula is C34H51N3O8. The van der Waals surface area contributed by atoms with E-state index in [1.807, 2.05) is 50.5 Å². The molecule has 11 heteroatoms. The van der Waals surface area contributed by atoms with E-state index in [-0.39, 0.29) is 31.2 Å². The highest BCUT2D eigenvalue weighted by molar-refractivity contribution is 5.65. The molecule has 0 aliphatic carbocycles. The molecule has 1 saturated heterocycles. The quantitative estimate of drug-likeness (QED) is 0.255. The first-order chi connectivity index (χ1) is 21.8. The van der Waals surface area contributed by atoms with E-state index in [1.54, 1.807) is 14.2 Å². The van der Waals surface area contributed by atoms with Gasteiger partial charge in [-0.15, -0.1) is 0 Å². The van der Waals surface area contributed by atoms with Gasteiger partial charge in [0.1, 0.15) is 18.1 Å². The molecule has 2 heterocycles. The standard InChI is InChI=1S/C34H51N3O8/c1-25(35(2)3)23-44-31-21-37(34(38)39)22-32(33(31)27-9-11-28(12-10-27)42-18-7-17-41-5)45-24-26-8-13-30-29(20-26)36(15-19-43-30)14-6-16-40-4/h8-13,20,25,31-33H,6-7,14-19,21-24H2,1-5H3,(H,38,39)/t25?,31-,32+,33+/m1/s1. The number of amides is 1. The molecule has 0 radical (unpaired) electrons. The van der Waals surface area contributed by atoms with Crippen LogP contribution in [0.5, 0.6) is 11.5 Å². The molecule has 4 atom stereocenters. The Morgan fingerprint density at radius 1 is 1.00 bits per heavy atom. The summed E-state index contributed by atoms with van der Waals surface area (Å²) >= 11 is 0. The van der Waals surface area contributed by atoms with Gasteiger partial charge in [-0.3, -0.25) is 0 Å². The average Bonchev–Trinajstić information content (AvgIpc) is 3.04. The van der Waals surface area contributed by atoms with E-state index in [0.29, 0.717) is 39.6 Å². The topological polar surface area (TPSA) is 102 Å². The van der Waals surface area contributed by atoms with Crippen molar-refractivity contribution in [1.82, 2.24) is 9.80 Å². The van der Waals surface area contributed by atoms with Gasteiger partial charge in [0.05, 0.1) is 57.4 Å². The van der Waals surface area contributed by atoms with Crippen LogP contribution in [0.2, 0.25) is 0 Å². The molecule has 45 heavy (non-hydrogen) atoms. The van der Waals surface area contributed by atoms with Crippen LogP contribution in [0.15, 0.2) is 42.5 Å². The van der Waals surface area contributed by atoms with Gasteiger partial charge < -0.3 is 48.2 Å². The number of anilines is 1. The zero-order valence-electron chi connectivity index (χ0n) is 27.5. The number of carboxylic acid groups (broad SMARTS) is 1. The van der Waals surface area contributed by atoms with Crippen LogP contribution < -0.4 is 14.4 Å². The van der Waals surface area contributed by atoms with Crippen LogP contribution in [0.3, 0.4) is 0 Å². The van der Waals surface area contributed by atoms with Crippen LogP contribution in [0, 0.1) is 0 Å². The largest absolute Gasteiger partial charge is 0.494 e. The maximum atomic E-state index is 12.3. The second-order valence-electron chi connectivity index (χ2n) is 12.0. The molecule has 0 bridgehead atoms. The van der Waals surface area contributed by atoms with Crippen molar-refractivity contribution in [2.45, 2.75) is 50.5 Å². The first-order valence-electron chi connectivity index (χ1n) is 15.9. The smallest absolute Gasteiger partial charge is 0.407 e. The zero-order chi connectivity index (χ0) is 32.2. The number of benzene rings is 2. The molecule has 2 aromatic rings. The van der Waals surface area contributed by atoms with Gasteiger partial charge in [-0.1, -0.05) is 18.2 Å². The summed E-state index contributed by atoms with van der Waals surface area (Å²) in [6, 6.07) is 14.3. The first-order valence-corrected chi connectivity index (χ1v) is 15.9. The maximum Gasteiger partial charge on any atom is 0.407 e. The number of likely N-dealkylation sites (N-methyl/N-ethyl adjacent to an activating group) is 1. The second kappa shape index (κ2) is 17.6. The first kappa shape index (κ1) is 34.8. The van der Waals surface area contributed by atoms with E-state index < -0.39 is 12.2 Å². The summed E-state index contributed by atoms with van der Waals surface area (Å²) in [6.07, 6.45) is -0.0524. The van der Waals surface area contributed by atoms with Gasteiger partial charge in [-0.05, 0) is 62.8 Å². The lowest BCUT2D eigenvalue weighted by Gasteiger charge is -2.43. The Morgan fingerprint density at radius 2 is 1.71 bits per heavy atom.